The number of phenolic OH excluding ortho intramolecular Hbond substituents is 1. The number of aromatic nitrogens is 3. The number of amides is 1. The average Bonchev–Trinajstić information content (AvgIpc) is 3.04. The number of aromatic hydroxyl groups is 1. The maximum absolute atomic E-state index is 12.0. The van der Waals surface area contributed by atoms with Gasteiger partial charge in [0.15, 0.2) is 0 Å². The number of carbonyl (C=O) groups is 1. The standard InChI is InChI=1S/C18H15IN4O2/c19-16-10-15(24)7-8-17(16)20-18(25)9-6-14-12-23(22-21-14)11-13-4-2-1-3-5-13/h1-10,12,24H,11H2,(H,20,25)/b9-6+. The van der Waals surface area contributed by atoms with Crippen molar-refractivity contribution < 1.29 is 9.90 Å². The molecule has 2 N–H and O–H groups in total. The molecule has 0 aliphatic heterocycles. The quantitative estimate of drug-likeness (QED) is 0.358. The summed E-state index contributed by atoms with van der Waals surface area (Å²) in [5.41, 5.74) is 2.37. The Kier molecular flexibility index (Phi) is 5.44. The minimum Gasteiger partial charge on any atom is -0.508 e. The lowest BCUT2D eigenvalue weighted by Crippen LogP contribution is -2.08. The van der Waals surface area contributed by atoms with Gasteiger partial charge in [-0.1, -0.05) is 35.5 Å². The van der Waals surface area contributed by atoms with Crippen molar-refractivity contribution in [1.29, 1.82) is 0 Å². The molecule has 0 aliphatic rings. The molecule has 0 fully saturated rings. The van der Waals surface area contributed by atoms with Gasteiger partial charge in [-0.05, 0) is 52.4 Å². The highest BCUT2D eigenvalue weighted by Gasteiger charge is 2.04. The van der Waals surface area contributed by atoms with Crippen LogP contribution in [-0.4, -0.2) is 26.0 Å². The molecule has 1 aromatic heterocycles. The highest BCUT2D eigenvalue weighted by Crippen LogP contribution is 2.22. The number of nitrogens with zero attached hydrogens (tertiary/aromatic N) is 3. The van der Waals surface area contributed by atoms with Crippen molar-refractivity contribution in [1.82, 2.24) is 15.0 Å². The van der Waals surface area contributed by atoms with Crippen molar-refractivity contribution in [2.45, 2.75) is 6.54 Å². The second-order valence-corrected chi connectivity index (χ2v) is 6.48. The lowest BCUT2D eigenvalue weighted by Gasteiger charge is -2.05. The van der Waals surface area contributed by atoms with Crippen LogP contribution < -0.4 is 5.32 Å². The van der Waals surface area contributed by atoms with Crippen LogP contribution in [0.4, 0.5) is 5.69 Å². The highest BCUT2D eigenvalue weighted by molar-refractivity contribution is 14.1. The summed E-state index contributed by atoms with van der Waals surface area (Å²) in [6.07, 6.45) is 4.79. The Morgan fingerprint density at radius 3 is 2.80 bits per heavy atom. The average molecular weight is 446 g/mol. The van der Waals surface area contributed by atoms with Gasteiger partial charge in [-0.3, -0.25) is 4.79 Å². The zero-order valence-electron chi connectivity index (χ0n) is 13.1. The molecule has 3 aromatic rings. The zero-order valence-corrected chi connectivity index (χ0v) is 15.3. The Morgan fingerprint density at radius 1 is 1.24 bits per heavy atom. The van der Waals surface area contributed by atoms with Crippen molar-refractivity contribution in [2.24, 2.45) is 0 Å². The lowest BCUT2D eigenvalue weighted by atomic mass is 10.2. The van der Waals surface area contributed by atoms with Gasteiger partial charge in [-0.15, -0.1) is 5.10 Å². The summed E-state index contributed by atoms with van der Waals surface area (Å²) in [4.78, 5) is 12.0. The summed E-state index contributed by atoms with van der Waals surface area (Å²) in [5.74, 6) is -0.116. The largest absolute Gasteiger partial charge is 0.508 e. The van der Waals surface area contributed by atoms with E-state index in [-0.39, 0.29) is 11.7 Å². The first-order valence-electron chi connectivity index (χ1n) is 7.52. The minimum absolute atomic E-state index is 0.160. The van der Waals surface area contributed by atoms with E-state index < -0.39 is 0 Å². The molecular weight excluding hydrogens is 431 g/mol. The fourth-order valence-electron chi connectivity index (χ4n) is 2.18. The molecule has 0 saturated heterocycles. The number of hydrogen-bond donors (Lipinski definition) is 2. The normalized spacial score (nSPS) is 10.9. The van der Waals surface area contributed by atoms with E-state index >= 15 is 0 Å². The fourth-order valence-corrected chi connectivity index (χ4v) is 2.81. The molecule has 0 bridgehead atoms. The van der Waals surface area contributed by atoms with Crippen molar-refractivity contribution in [3.8, 4) is 5.75 Å². The number of carbonyl (C=O) groups excluding carboxylic acids is 1. The molecule has 1 amide bonds. The van der Waals surface area contributed by atoms with Crippen LogP contribution >= 0.6 is 22.6 Å². The van der Waals surface area contributed by atoms with Gasteiger partial charge in [0, 0.05) is 9.65 Å². The van der Waals surface area contributed by atoms with E-state index in [1.807, 2.05) is 52.9 Å². The number of hydrogen-bond acceptors (Lipinski definition) is 4. The van der Waals surface area contributed by atoms with Gasteiger partial charge >= 0.3 is 0 Å². The molecule has 6 nitrogen and oxygen atoms in total. The number of rotatable bonds is 5. The van der Waals surface area contributed by atoms with Crippen LogP contribution in [0.5, 0.6) is 5.75 Å². The van der Waals surface area contributed by atoms with E-state index in [1.165, 1.54) is 12.1 Å². The molecule has 0 saturated carbocycles. The Balaban J connectivity index is 1.61. The van der Waals surface area contributed by atoms with E-state index in [1.54, 1.807) is 29.1 Å². The Hall–Kier alpha value is -2.68. The molecular formula is C18H15IN4O2. The van der Waals surface area contributed by atoms with Crippen LogP contribution in [-0.2, 0) is 11.3 Å². The second kappa shape index (κ2) is 7.93. The van der Waals surface area contributed by atoms with Crippen LogP contribution in [0.3, 0.4) is 0 Å². The number of nitrogens with one attached hydrogen (secondary N) is 1. The van der Waals surface area contributed by atoms with Gasteiger partial charge in [-0.25, -0.2) is 4.68 Å². The van der Waals surface area contributed by atoms with Crippen LogP contribution in [0.15, 0.2) is 60.8 Å². The summed E-state index contributed by atoms with van der Waals surface area (Å²) < 4.78 is 2.48. The molecule has 3 rings (SSSR count). The summed E-state index contributed by atoms with van der Waals surface area (Å²) in [7, 11) is 0. The molecule has 7 heteroatoms. The highest BCUT2D eigenvalue weighted by atomic mass is 127. The SMILES string of the molecule is O=C(/C=C/c1cn(Cc2ccccc2)nn1)Nc1ccc(O)cc1I. The third kappa shape index (κ3) is 4.90. The Bertz CT molecular complexity index is 906. The Labute approximate surface area is 158 Å². The molecule has 0 aliphatic carbocycles. The number of benzene rings is 2. The van der Waals surface area contributed by atoms with E-state index in [9.17, 15) is 9.90 Å². The van der Waals surface area contributed by atoms with E-state index in [0.29, 0.717) is 17.9 Å². The summed E-state index contributed by atoms with van der Waals surface area (Å²) >= 11 is 2.05. The molecule has 1 heterocycles. The number of phenols is 1. The molecule has 0 atom stereocenters. The number of anilines is 1. The zero-order chi connectivity index (χ0) is 17.6. The lowest BCUT2D eigenvalue weighted by molar-refractivity contribution is -0.111. The molecule has 0 spiro atoms. The molecule has 25 heavy (non-hydrogen) atoms. The molecule has 0 radical (unpaired) electrons. The Morgan fingerprint density at radius 2 is 2.04 bits per heavy atom. The van der Waals surface area contributed by atoms with E-state index in [0.717, 1.165) is 9.13 Å². The van der Waals surface area contributed by atoms with Crippen molar-refractivity contribution in [3.05, 3.63) is 75.6 Å². The predicted octanol–water partition coefficient (Wildman–Crippen LogP) is 3.29. The number of halogens is 1. The van der Waals surface area contributed by atoms with Crippen LogP contribution in [0.2, 0.25) is 0 Å². The minimum atomic E-state index is -0.277. The first-order valence-corrected chi connectivity index (χ1v) is 8.60. The van der Waals surface area contributed by atoms with Crippen molar-refractivity contribution >= 4 is 40.3 Å². The first kappa shape index (κ1) is 17.2. The molecule has 0 unspecified atom stereocenters. The molecule has 126 valence electrons. The third-order valence-corrected chi connectivity index (χ3v) is 4.25. The van der Waals surface area contributed by atoms with Crippen molar-refractivity contribution in [2.75, 3.05) is 5.32 Å². The summed E-state index contributed by atoms with van der Waals surface area (Å²) in [6, 6.07) is 14.7. The fraction of sp³-hybridized carbons (Fsp3) is 0.0556. The van der Waals surface area contributed by atoms with Crippen LogP contribution in [0.25, 0.3) is 6.08 Å². The second-order valence-electron chi connectivity index (χ2n) is 5.31. The van der Waals surface area contributed by atoms with Gasteiger partial charge in [0.25, 0.3) is 0 Å². The van der Waals surface area contributed by atoms with Crippen LogP contribution in [0, 0.1) is 3.57 Å². The topological polar surface area (TPSA) is 80.0 Å². The van der Waals surface area contributed by atoms with Gasteiger partial charge in [-0.2, -0.15) is 0 Å². The summed E-state index contributed by atoms with van der Waals surface area (Å²) in [6.45, 7) is 0.625. The maximum Gasteiger partial charge on any atom is 0.248 e. The maximum atomic E-state index is 12.0. The van der Waals surface area contributed by atoms with E-state index in [4.69, 9.17) is 0 Å². The summed E-state index contributed by atoms with van der Waals surface area (Å²) in [5, 5.41) is 20.2. The molecule has 2 aromatic carbocycles. The first-order chi connectivity index (χ1) is 12.1. The smallest absolute Gasteiger partial charge is 0.248 e. The van der Waals surface area contributed by atoms with Gasteiger partial charge in [0.05, 0.1) is 18.4 Å². The van der Waals surface area contributed by atoms with Crippen molar-refractivity contribution in [3.63, 3.8) is 0 Å². The third-order valence-electron chi connectivity index (χ3n) is 3.36. The van der Waals surface area contributed by atoms with Gasteiger partial charge in [0.1, 0.15) is 11.4 Å². The van der Waals surface area contributed by atoms with Gasteiger partial charge < -0.3 is 10.4 Å². The predicted molar refractivity (Wildman–Crippen MR) is 104 cm³/mol. The monoisotopic (exact) mass is 446 g/mol. The van der Waals surface area contributed by atoms with E-state index in [2.05, 4.69) is 15.6 Å². The van der Waals surface area contributed by atoms with Gasteiger partial charge in [0.2, 0.25) is 5.91 Å². The van der Waals surface area contributed by atoms with Crippen LogP contribution in [0.1, 0.15) is 11.3 Å².